The Morgan fingerprint density at radius 3 is 2.67 bits per heavy atom. The zero-order valence-corrected chi connectivity index (χ0v) is 16.8. The molecular formula is C20H25N7O3. The van der Waals surface area contributed by atoms with E-state index in [9.17, 15) is 9.59 Å². The van der Waals surface area contributed by atoms with Gasteiger partial charge in [-0.2, -0.15) is 0 Å². The van der Waals surface area contributed by atoms with Gasteiger partial charge in [0.15, 0.2) is 5.69 Å². The number of aromatic nitrogens is 2. The topological polar surface area (TPSA) is 148 Å². The standard InChI is InChI=1S/C20H25N7O3/c1-22-11-14-17(21)19(29)25-8-5-3-2-4-7-23-16-10-13(6-9-24-16)20-27-15(12-30-20)18(28)26-14/h6,9-12H,2-5,7-8,21H2,1H3,(H,23,24)(H,25,29)(H,26,28). The molecule has 0 radical (unpaired) electrons. The highest BCUT2D eigenvalue weighted by Gasteiger charge is 2.18. The molecule has 0 aliphatic carbocycles. The van der Waals surface area contributed by atoms with E-state index in [2.05, 4.69) is 30.9 Å². The Hall–Kier alpha value is -3.69. The minimum absolute atomic E-state index is 0.0458. The van der Waals surface area contributed by atoms with Gasteiger partial charge in [-0.25, -0.2) is 9.97 Å². The maximum absolute atomic E-state index is 12.6. The molecule has 158 valence electrons. The van der Waals surface area contributed by atoms with Crippen LogP contribution < -0.4 is 21.7 Å². The maximum Gasteiger partial charge on any atom is 0.277 e. The highest BCUT2D eigenvalue weighted by molar-refractivity contribution is 6.03. The number of hydrogen-bond donors (Lipinski definition) is 4. The van der Waals surface area contributed by atoms with Crippen molar-refractivity contribution in [2.45, 2.75) is 25.7 Å². The average molecular weight is 411 g/mol. The summed E-state index contributed by atoms with van der Waals surface area (Å²) in [4.78, 5) is 37.3. The van der Waals surface area contributed by atoms with E-state index in [0.717, 1.165) is 32.2 Å². The van der Waals surface area contributed by atoms with E-state index < -0.39 is 11.8 Å². The molecule has 3 heterocycles. The van der Waals surface area contributed by atoms with E-state index in [1.54, 1.807) is 12.3 Å². The summed E-state index contributed by atoms with van der Waals surface area (Å²) in [6.07, 6.45) is 8.00. The lowest BCUT2D eigenvalue weighted by Gasteiger charge is -2.10. The van der Waals surface area contributed by atoms with E-state index in [0.29, 0.717) is 17.9 Å². The van der Waals surface area contributed by atoms with Crippen LogP contribution in [0.5, 0.6) is 0 Å². The van der Waals surface area contributed by atoms with Gasteiger partial charge in [0, 0.05) is 38.1 Å². The fourth-order valence-corrected chi connectivity index (χ4v) is 2.89. The number of carbonyl (C=O) groups is 2. The first kappa shape index (κ1) is 21.0. The number of oxazole rings is 1. The molecule has 30 heavy (non-hydrogen) atoms. The monoisotopic (exact) mass is 411 g/mol. The maximum atomic E-state index is 12.6. The number of amides is 2. The number of pyridine rings is 1. The molecule has 0 aromatic carbocycles. The lowest BCUT2D eigenvalue weighted by molar-refractivity contribution is -0.117. The normalized spacial score (nSPS) is 16.8. The number of rotatable bonds is 1. The van der Waals surface area contributed by atoms with Gasteiger partial charge in [-0.05, 0) is 25.0 Å². The number of anilines is 1. The van der Waals surface area contributed by atoms with E-state index in [1.807, 2.05) is 6.07 Å². The van der Waals surface area contributed by atoms with Crippen LogP contribution in [0.2, 0.25) is 0 Å². The van der Waals surface area contributed by atoms with Crippen LogP contribution in [0.4, 0.5) is 5.82 Å². The first-order chi connectivity index (χ1) is 14.6. The number of nitrogens with zero attached hydrogens (tertiary/aromatic N) is 3. The zero-order valence-electron chi connectivity index (χ0n) is 16.8. The number of allylic oxidation sites excluding steroid dienone is 1. The summed E-state index contributed by atoms with van der Waals surface area (Å²) in [5, 5.41) is 8.61. The lowest BCUT2D eigenvalue weighted by Crippen LogP contribution is -2.35. The van der Waals surface area contributed by atoms with E-state index in [1.165, 1.54) is 19.5 Å². The van der Waals surface area contributed by atoms with Gasteiger partial charge in [-0.3, -0.25) is 14.6 Å². The van der Waals surface area contributed by atoms with E-state index >= 15 is 0 Å². The number of hydrogen-bond acceptors (Lipinski definition) is 8. The Kier molecular flexibility index (Phi) is 7.14. The highest BCUT2D eigenvalue weighted by Crippen LogP contribution is 2.21. The number of carbonyl (C=O) groups excluding carboxylic acids is 2. The molecule has 0 atom stereocenters. The van der Waals surface area contributed by atoms with Crippen LogP contribution in [0.15, 0.2) is 45.4 Å². The molecule has 3 rings (SSSR count). The molecule has 0 fully saturated rings. The van der Waals surface area contributed by atoms with Gasteiger partial charge >= 0.3 is 0 Å². The summed E-state index contributed by atoms with van der Waals surface area (Å²) in [5.74, 6) is -0.0448. The van der Waals surface area contributed by atoms with Gasteiger partial charge < -0.3 is 26.1 Å². The number of aliphatic imine (C=N–C) groups is 1. The Balaban J connectivity index is 1.89. The van der Waals surface area contributed by atoms with Gasteiger partial charge in [0.2, 0.25) is 5.89 Å². The number of nitrogens with one attached hydrogen (secondary N) is 3. The van der Waals surface area contributed by atoms with Crippen LogP contribution in [0.3, 0.4) is 0 Å². The molecule has 2 amide bonds. The van der Waals surface area contributed by atoms with Crippen molar-refractivity contribution in [2.24, 2.45) is 10.7 Å². The highest BCUT2D eigenvalue weighted by atomic mass is 16.3. The minimum atomic E-state index is -0.569. The fourth-order valence-electron chi connectivity index (χ4n) is 2.89. The smallest absolute Gasteiger partial charge is 0.277 e. The van der Waals surface area contributed by atoms with Gasteiger partial charge in [-0.1, -0.05) is 12.8 Å². The molecule has 1 aliphatic rings. The van der Waals surface area contributed by atoms with Crippen LogP contribution >= 0.6 is 0 Å². The Labute approximate surface area is 174 Å². The summed E-state index contributed by atoms with van der Waals surface area (Å²) >= 11 is 0. The third kappa shape index (κ3) is 5.43. The summed E-state index contributed by atoms with van der Waals surface area (Å²) in [7, 11) is 1.52. The summed E-state index contributed by atoms with van der Waals surface area (Å²) < 4.78 is 5.46. The molecule has 0 saturated carbocycles. The van der Waals surface area contributed by atoms with Crippen LogP contribution in [0.1, 0.15) is 36.2 Å². The summed E-state index contributed by atoms with van der Waals surface area (Å²) in [6.45, 7) is 1.27. The van der Waals surface area contributed by atoms with E-state index in [4.69, 9.17) is 10.2 Å². The number of nitrogens with two attached hydrogens (primary N) is 1. The van der Waals surface area contributed by atoms with Crippen molar-refractivity contribution in [3.8, 4) is 11.5 Å². The Bertz CT molecular complexity index is 965. The SMILES string of the molecule is CN=CC1=C(N)C(=O)NCCCCCCNc2cc(ccn2)-c2nc(co2)C(=O)N1. The first-order valence-electron chi connectivity index (χ1n) is 9.75. The second kappa shape index (κ2) is 10.2. The second-order valence-electron chi connectivity index (χ2n) is 6.73. The quantitative estimate of drug-likeness (QED) is 0.519. The molecule has 5 N–H and O–H groups in total. The predicted molar refractivity (Wildman–Crippen MR) is 113 cm³/mol. The van der Waals surface area contributed by atoms with Crippen molar-refractivity contribution in [3.63, 3.8) is 0 Å². The first-order valence-corrected chi connectivity index (χ1v) is 9.75. The molecule has 10 nitrogen and oxygen atoms in total. The molecule has 0 spiro atoms. The number of fused-ring (bicyclic) bond motifs is 5. The lowest BCUT2D eigenvalue weighted by atomic mass is 10.2. The van der Waals surface area contributed by atoms with Crippen molar-refractivity contribution in [2.75, 3.05) is 25.5 Å². The fraction of sp³-hybridized carbons (Fsp3) is 0.350. The molecule has 2 aromatic heterocycles. The van der Waals surface area contributed by atoms with Crippen molar-refractivity contribution >= 4 is 23.8 Å². The molecule has 0 saturated heterocycles. The second-order valence-corrected chi connectivity index (χ2v) is 6.73. The van der Waals surface area contributed by atoms with Crippen LogP contribution in [-0.4, -0.2) is 48.1 Å². The molecule has 10 heteroatoms. The van der Waals surface area contributed by atoms with Gasteiger partial charge in [0.25, 0.3) is 11.8 Å². The van der Waals surface area contributed by atoms with E-state index in [-0.39, 0.29) is 23.0 Å². The molecular weight excluding hydrogens is 386 g/mol. The predicted octanol–water partition coefficient (Wildman–Crippen LogP) is 1.44. The zero-order chi connectivity index (χ0) is 21.3. The minimum Gasteiger partial charge on any atom is -0.444 e. The Morgan fingerprint density at radius 1 is 1.13 bits per heavy atom. The largest absolute Gasteiger partial charge is 0.444 e. The molecule has 2 aromatic rings. The molecule has 1 aliphatic heterocycles. The molecule has 4 bridgehead atoms. The van der Waals surface area contributed by atoms with Crippen molar-refractivity contribution in [1.82, 2.24) is 20.6 Å². The molecule has 0 unspecified atom stereocenters. The van der Waals surface area contributed by atoms with Crippen LogP contribution in [-0.2, 0) is 4.79 Å². The van der Waals surface area contributed by atoms with Crippen molar-refractivity contribution in [1.29, 1.82) is 0 Å². The van der Waals surface area contributed by atoms with Gasteiger partial charge in [-0.15, -0.1) is 0 Å². The summed E-state index contributed by atoms with van der Waals surface area (Å²) in [6, 6.07) is 3.57. The Morgan fingerprint density at radius 2 is 1.90 bits per heavy atom. The van der Waals surface area contributed by atoms with Crippen LogP contribution in [0.25, 0.3) is 11.5 Å². The van der Waals surface area contributed by atoms with Gasteiger partial charge in [0.05, 0.1) is 5.70 Å². The summed E-state index contributed by atoms with van der Waals surface area (Å²) in [5.41, 5.74) is 6.65. The third-order valence-corrected chi connectivity index (χ3v) is 4.48. The van der Waals surface area contributed by atoms with Gasteiger partial charge in [0.1, 0.15) is 17.8 Å². The van der Waals surface area contributed by atoms with Crippen LogP contribution in [0, 0.1) is 0 Å². The third-order valence-electron chi connectivity index (χ3n) is 4.48. The van der Waals surface area contributed by atoms with Crippen molar-refractivity contribution < 1.29 is 14.0 Å². The average Bonchev–Trinajstić information content (AvgIpc) is 3.25. The van der Waals surface area contributed by atoms with Crippen molar-refractivity contribution in [3.05, 3.63) is 41.7 Å².